The van der Waals surface area contributed by atoms with E-state index in [4.69, 9.17) is 17.3 Å². The molecule has 1 aromatic carbocycles. The highest BCUT2D eigenvalue weighted by Crippen LogP contribution is 2.13. The third-order valence-corrected chi connectivity index (χ3v) is 2.69. The van der Waals surface area contributed by atoms with Crippen molar-refractivity contribution in [2.45, 2.75) is 19.4 Å². The van der Waals surface area contributed by atoms with Crippen LogP contribution in [-0.2, 0) is 9.59 Å². The minimum absolute atomic E-state index is 0.00142. The Balaban J connectivity index is 2.48. The molecule has 0 atom stereocenters. The number of anilines is 1. The average molecular weight is 270 g/mol. The second-order valence-electron chi connectivity index (χ2n) is 4.40. The number of carbonyl (C=O) groups is 2. The number of benzene rings is 1. The molecule has 0 radical (unpaired) electrons. The van der Waals surface area contributed by atoms with Gasteiger partial charge in [0.2, 0.25) is 11.8 Å². The van der Waals surface area contributed by atoms with E-state index in [1.807, 2.05) is 0 Å². The summed E-state index contributed by atoms with van der Waals surface area (Å²) in [6.07, 6.45) is 0. The van der Waals surface area contributed by atoms with E-state index < -0.39 is 11.4 Å². The average Bonchev–Trinajstić information content (AvgIpc) is 2.29. The summed E-state index contributed by atoms with van der Waals surface area (Å²) < 4.78 is 0. The van der Waals surface area contributed by atoms with Gasteiger partial charge in [0, 0.05) is 10.7 Å². The van der Waals surface area contributed by atoms with Crippen LogP contribution < -0.4 is 16.4 Å². The lowest BCUT2D eigenvalue weighted by Crippen LogP contribution is -2.52. The van der Waals surface area contributed by atoms with Crippen LogP contribution in [0.2, 0.25) is 5.02 Å². The molecule has 0 heterocycles. The first kappa shape index (κ1) is 14.5. The first-order valence-corrected chi connectivity index (χ1v) is 5.79. The number of halogens is 1. The standard InChI is InChI=1S/C12H16ClN3O2/c1-12(2,11(14)18)15-7-10(17)16-9-5-3-8(13)4-6-9/h3-6,15H,7H2,1-2H3,(H2,14,18)(H,16,17). The summed E-state index contributed by atoms with van der Waals surface area (Å²) in [6.45, 7) is 3.23. The van der Waals surface area contributed by atoms with Crippen molar-refractivity contribution in [2.75, 3.05) is 11.9 Å². The normalized spacial score (nSPS) is 11.1. The van der Waals surface area contributed by atoms with E-state index in [-0.39, 0.29) is 12.5 Å². The Morgan fingerprint density at radius 3 is 2.33 bits per heavy atom. The van der Waals surface area contributed by atoms with Gasteiger partial charge in [-0.25, -0.2) is 0 Å². The third kappa shape index (κ3) is 4.35. The van der Waals surface area contributed by atoms with Crippen LogP contribution >= 0.6 is 11.6 Å². The lowest BCUT2D eigenvalue weighted by molar-refractivity contribution is -0.123. The minimum Gasteiger partial charge on any atom is -0.368 e. The predicted molar refractivity (Wildman–Crippen MR) is 71.4 cm³/mol. The van der Waals surface area contributed by atoms with Gasteiger partial charge in [0.25, 0.3) is 0 Å². The molecule has 0 unspecified atom stereocenters. The zero-order valence-corrected chi connectivity index (χ0v) is 11.0. The summed E-state index contributed by atoms with van der Waals surface area (Å²) in [7, 11) is 0. The lowest BCUT2D eigenvalue weighted by atomic mass is 10.1. The van der Waals surface area contributed by atoms with Gasteiger partial charge in [-0.3, -0.25) is 14.9 Å². The van der Waals surface area contributed by atoms with Gasteiger partial charge in [-0.1, -0.05) is 11.6 Å². The molecule has 0 aliphatic heterocycles. The molecule has 98 valence electrons. The molecule has 5 nitrogen and oxygen atoms in total. The van der Waals surface area contributed by atoms with Crippen LogP contribution in [0.4, 0.5) is 5.69 Å². The van der Waals surface area contributed by atoms with E-state index in [0.717, 1.165) is 0 Å². The predicted octanol–water partition coefficient (Wildman–Crippen LogP) is 1.13. The summed E-state index contributed by atoms with van der Waals surface area (Å²) in [5, 5.41) is 6.04. The van der Waals surface area contributed by atoms with Crippen LogP contribution in [-0.4, -0.2) is 23.9 Å². The number of nitrogens with one attached hydrogen (secondary N) is 2. The summed E-state index contributed by atoms with van der Waals surface area (Å²) in [5.41, 5.74) is 4.90. The fourth-order valence-electron chi connectivity index (χ4n) is 1.13. The Kier molecular flexibility index (Phi) is 4.69. The molecule has 4 N–H and O–H groups in total. The zero-order valence-electron chi connectivity index (χ0n) is 10.3. The van der Waals surface area contributed by atoms with Gasteiger partial charge in [0.15, 0.2) is 0 Å². The van der Waals surface area contributed by atoms with Gasteiger partial charge >= 0.3 is 0 Å². The highest BCUT2D eigenvalue weighted by molar-refractivity contribution is 6.30. The molecule has 1 aromatic rings. The fraction of sp³-hybridized carbons (Fsp3) is 0.333. The largest absolute Gasteiger partial charge is 0.368 e. The van der Waals surface area contributed by atoms with Crippen molar-refractivity contribution in [3.63, 3.8) is 0 Å². The van der Waals surface area contributed by atoms with Crippen LogP contribution in [0.3, 0.4) is 0 Å². The minimum atomic E-state index is -0.919. The van der Waals surface area contributed by atoms with E-state index >= 15 is 0 Å². The van der Waals surface area contributed by atoms with E-state index in [1.165, 1.54) is 0 Å². The molecule has 0 fully saturated rings. The van der Waals surface area contributed by atoms with Gasteiger partial charge in [-0.2, -0.15) is 0 Å². The Morgan fingerprint density at radius 1 is 1.28 bits per heavy atom. The number of hydrogen-bond acceptors (Lipinski definition) is 3. The van der Waals surface area contributed by atoms with Crippen molar-refractivity contribution in [1.29, 1.82) is 0 Å². The fourth-order valence-corrected chi connectivity index (χ4v) is 1.25. The van der Waals surface area contributed by atoms with E-state index in [1.54, 1.807) is 38.1 Å². The second kappa shape index (κ2) is 5.84. The maximum absolute atomic E-state index is 11.6. The molecule has 0 aliphatic rings. The lowest BCUT2D eigenvalue weighted by Gasteiger charge is -2.21. The molecule has 18 heavy (non-hydrogen) atoms. The van der Waals surface area contributed by atoms with Crippen molar-refractivity contribution in [1.82, 2.24) is 5.32 Å². The van der Waals surface area contributed by atoms with Gasteiger partial charge in [0.05, 0.1) is 12.1 Å². The summed E-state index contributed by atoms with van der Waals surface area (Å²) in [6, 6.07) is 6.74. The number of primary amides is 1. The molecular weight excluding hydrogens is 254 g/mol. The Hall–Kier alpha value is -1.59. The number of carbonyl (C=O) groups excluding carboxylic acids is 2. The van der Waals surface area contributed by atoms with Crippen molar-refractivity contribution in [2.24, 2.45) is 5.73 Å². The van der Waals surface area contributed by atoms with E-state index in [9.17, 15) is 9.59 Å². The molecular formula is C12H16ClN3O2. The van der Waals surface area contributed by atoms with Gasteiger partial charge in [-0.15, -0.1) is 0 Å². The van der Waals surface area contributed by atoms with Crippen LogP contribution in [0.25, 0.3) is 0 Å². The van der Waals surface area contributed by atoms with Crippen molar-refractivity contribution in [3.05, 3.63) is 29.3 Å². The topological polar surface area (TPSA) is 84.2 Å². The van der Waals surface area contributed by atoms with Gasteiger partial charge in [0.1, 0.15) is 0 Å². The molecule has 1 rings (SSSR count). The Labute approximate surface area is 111 Å². The molecule has 0 aliphatic carbocycles. The summed E-state index contributed by atoms with van der Waals surface area (Å²) in [5.74, 6) is -0.770. The van der Waals surface area contributed by atoms with E-state index in [0.29, 0.717) is 10.7 Å². The van der Waals surface area contributed by atoms with Crippen molar-refractivity contribution < 1.29 is 9.59 Å². The quantitative estimate of drug-likeness (QED) is 0.749. The number of amides is 2. The highest BCUT2D eigenvalue weighted by Gasteiger charge is 2.24. The van der Waals surface area contributed by atoms with Crippen molar-refractivity contribution in [3.8, 4) is 0 Å². The summed E-state index contributed by atoms with van der Waals surface area (Å²) in [4.78, 5) is 22.7. The molecule has 0 saturated carbocycles. The van der Waals surface area contributed by atoms with Gasteiger partial charge in [-0.05, 0) is 38.1 Å². The molecule has 2 amide bonds. The summed E-state index contributed by atoms with van der Waals surface area (Å²) >= 11 is 5.73. The highest BCUT2D eigenvalue weighted by atomic mass is 35.5. The molecule has 0 bridgehead atoms. The molecule has 0 saturated heterocycles. The Morgan fingerprint density at radius 2 is 1.83 bits per heavy atom. The number of hydrogen-bond donors (Lipinski definition) is 3. The maximum Gasteiger partial charge on any atom is 0.238 e. The SMILES string of the molecule is CC(C)(NCC(=O)Nc1ccc(Cl)cc1)C(N)=O. The first-order valence-electron chi connectivity index (χ1n) is 5.41. The maximum atomic E-state index is 11.6. The van der Waals surface area contributed by atoms with Crippen LogP contribution in [0.1, 0.15) is 13.8 Å². The van der Waals surface area contributed by atoms with E-state index in [2.05, 4.69) is 10.6 Å². The smallest absolute Gasteiger partial charge is 0.238 e. The first-order chi connectivity index (χ1) is 8.31. The van der Waals surface area contributed by atoms with Crippen LogP contribution in [0.15, 0.2) is 24.3 Å². The molecule has 0 spiro atoms. The van der Waals surface area contributed by atoms with Crippen LogP contribution in [0, 0.1) is 0 Å². The number of nitrogens with two attached hydrogens (primary N) is 1. The zero-order chi connectivity index (χ0) is 13.8. The molecule has 6 heteroatoms. The molecule has 0 aromatic heterocycles. The van der Waals surface area contributed by atoms with Crippen molar-refractivity contribution >= 4 is 29.1 Å². The Bertz CT molecular complexity index is 443. The third-order valence-electron chi connectivity index (χ3n) is 2.43. The second-order valence-corrected chi connectivity index (χ2v) is 4.83. The monoisotopic (exact) mass is 269 g/mol. The number of rotatable bonds is 5. The van der Waals surface area contributed by atoms with Crippen LogP contribution in [0.5, 0.6) is 0 Å². The van der Waals surface area contributed by atoms with Gasteiger partial charge < -0.3 is 11.1 Å².